The van der Waals surface area contributed by atoms with Crippen LogP contribution in [0.4, 0.5) is 5.69 Å². The van der Waals surface area contributed by atoms with Crippen molar-refractivity contribution in [2.45, 2.75) is 17.9 Å². The van der Waals surface area contributed by atoms with E-state index in [1.54, 1.807) is 22.8 Å². The second-order valence-corrected chi connectivity index (χ2v) is 7.77. The van der Waals surface area contributed by atoms with Crippen molar-refractivity contribution in [2.75, 3.05) is 11.9 Å². The number of rotatable bonds is 2. The maximum Gasteiger partial charge on any atom is 0.266 e. The maximum atomic E-state index is 13.2. The third-order valence-corrected chi connectivity index (χ3v) is 6.35. The van der Waals surface area contributed by atoms with Crippen LogP contribution in [-0.4, -0.2) is 37.8 Å². The summed E-state index contributed by atoms with van der Waals surface area (Å²) in [6.07, 6.45) is 5.68. The molecule has 136 valence electrons. The summed E-state index contributed by atoms with van der Waals surface area (Å²) in [7, 11) is 1.89. The van der Waals surface area contributed by atoms with E-state index in [-0.39, 0.29) is 11.8 Å². The van der Waals surface area contributed by atoms with E-state index >= 15 is 0 Å². The summed E-state index contributed by atoms with van der Waals surface area (Å²) < 4.78 is 1.89. The largest absolute Gasteiger partial charge is 0.336 e. The Balaban J connectivity index is 1.70. The van der Waals surface area contributed by atoms with Gasteiger partial charge in [-0.2, -0.15) is 0 Å². The minimum Gasteiger partial charge on any atom is -0.336 e. The molecule has 2 aromatic heterocycles. The number of hydrogen-bond donors (Lipinski definition) is 1. The first-order valence-corrected chi connectivity index (χ1v) is 9.58. The van der Waals surface area contributed by atoms with Gasteiger partial charge in [0, 0.05) is 31.7 Å². The number of carbonyl (C=O) groups is 2. The minimum atomic E-state index is -0.837. The third kappa shape index (κ3) is 2.13. The van der Waals surface area contributed by atoms with E-state index in [1.807, 2.05) is 42.1 Å². The van der Waals surface area contributed by atoms with Gasteiger partial charge in [0.1, 0.15) is 22.2 Å². The van der Waals surface area contributed by atoms with Crippen molar-refractivity contribution < 1.29 is 9.59 Å². The first kappa shape index (κ1) is 16.2. The number of likely N-dealkylation sites (tertiary alicyclic amines) is 1. The average Bonchev–Trinajstić information content (AvgIpc) is 3.44. The number of imidazole rings is 1. The molecule has 2 aliphatic heterocycles. The SMILES string of the molecule is Cn1ccnc1[C@@H]1N(C(=O)c2cncs2)CC[C@]12C(=O)Nc1ccccc12. The molecule has 1 saturated heterocycles. The number of benzene rings is 1. The number of anilines is 1. The van der Waals surface area contributed by atoms with Crippen LogP contribution in [0, 0.1) is 0 Å². The average molecular weight is 379 g/mol. The Hall–Kier alpha value is -3.00. The molecule has 3 aromatic rings. The number of nitrogens with one attached hydrogen (secondary N) is 1. The molecule has 1 fully saturated rings. The molecule has 4 heterocycles. The number of aromatic nitrogens is 3. The molecule has 2 atom stereocenters. The predicted octanol–water partition coefficient (Wildman–Crippen LogP) is 2.35. The summed E-state index contributed by atoms with van der Waals surface area (Å²) in [5, 5.41) is 3.01. The zero-order valence-electron chi connectivity index (χ0n) is 14.6. The van der Waals surface area contributed by atoms with Gasteiger partial charge < -0.3 is 14.8 Å². The quantitative estimate of drug-likeness (QED) is 0.741. The molecule has 2 aliphatic rings. The molecule has 0 radical (unpaired) electrons. The summed E-state index contributed by atoms with van der Waals surface area (Å²) in [6.45, 7) is 0.482. The van der Waals surface area contributed by atoms with Crippen molar-refractivity contribution in [3.63, 3.8) is 0 Å². The minimum absolute atomic E-state index is 0.0729. The van der Waals surface area contributed by atoms with Crippen molar-refractivity contribution in [2.24, 2.45) is 7.05 Å². The Kier molecular flexibility index (Phi) is 3.45. The van der Waals surface area contributed by atoms with Crippen LogP contribution in [0.3, 0.4) is 0 Å². The molecule has 8 heteroatoms. The third-order valence-electron chi connectivity index (χ3n) is 5.59. The van der Waals surface area contributed by atoms with Crippen LogP contribution in [0.2, 0.25) is 0 Å². The standard InChI is InChI=1S/C19H17N5O2S/c1-23-9-7-21-16(23)15-19(12-4-2-3-5-13(12)22-18(19)26)6-8-24(15)17(25)14-10-20-11-27-14/h2-5,7,9-11,15H,6,8H2,1H3,(H,22,26)/t15-,19+/m0/s1. The number of amides is 2. The molecular weight excluding hydrogens is 362 g/mol. The van der Waals surface area contributed by atoms with Crippen molar-refractivity contribution >= 4 is 28.8 Å². The molecule has 0 bridgehead atoms. The van der Waals surface area contributed by atoms with E-state index in [4.69, 9.17) is 0 Å². The van der Waals surface area contributed by atoms with Crippen LogP contribution in [0.1, 0.15) is 33.5 Å². The van der Waals surface area contributed by atoms with Gasteiger partial charge in [0.05, 0.1) is 11.7 Å². The Labute approximate surface area is 159 Å². The van der Waals surface area contributed by atoms with Gasteiger partial charge in [-0.25, -0.2) is 4.98 Å². The molecule has 1 aromatic carbocycles. The summed E-state index contributed by atoms with van der Waals surface area (Å²) in [4.78, 5) is 37.3. The lowest BCUT2D eigenvalue weighted by molar-refractivity contribution is -0.121. The highest BCUT2D eigenvalue weighted by molar-refractivity contribution is 7.11. The van der Waals surface area contributed by atoms with E-state index in [0.29, 0.717) is 23.7 Å². The van der Waals surface area contributed by atoms with Gasteiger partial charge in [-0.05, 0) is 18.1 Å². The van der Waals surface area contributed by atoms with Gasteiger partial charge in [0.25, 0.3) is 5.91 Å². The van der Waals surface area contributed by atoms with Crippen LogP contribution in [0.5, 0.6) is 0 Å². The second-order valence-electron chi connectivity index (χ2n) is 6.88. The van der Waals surface area contributed by atoms with E-state index in [1.165, 1.54) is 11.3 Å². The highest BCUT2D eigenvalue weighted by Gasteiger charge is 2.60. The Bertz CT molecular complexity index is 1040. The van der Waals surface area contributed by atoms with Crippen molar-refractivity contribution in [3.8, 4) is 0 Å². The van der Waals surface area contributed by atoms with Crippen LogP contribution < -0.4 is 5.32 Å². The first-order valence-electron chi connectivity index (χ1n) is 8.70. The number of carbonyl (C=O) groups excluding carboxylic acids is 2. The summed E-state index contributed by atoms with van der Waals surface area (Å²) in [5.41, 5.74) is 2.55. The van der Waals surface area contributed by atoms with E-state index in [2.05, 4.69) is 15.3 Å². The number of aryl methyl sites for hydroxylation is 1. The Morgan fingerprint density at radius 1 is 1.37 bits per heavy atom. The van der Waals surface area contributed by atoms with Crippen molar-refractivity contribution in [1.82, 2.24) is 19.4 Å². The number of hydrogen-bond acceptors (Lipinski definition) is 5. The van der Waals surface area contributed by atoms with Crippen LogP contribution in [0.25, 0.3) is 0 Å². The monoisotopic (exact) mass is 379 g/mol. The van der Waals surface area contributed by atoms with Crippen molar-refractivity contribution in [3.05, 3.63) is 64.6 Å². The number of nitrogens with zero attached hydrogens (tertiary/aromatic N) is 4. The van der Waals surface area contributed by atoms with Crippen LogP contribution >= 0.6 is 11.3 Å². The smallest absolute Gasteiger partial charge is 0.266 e. The fourth-order valence-corrected chi connectivity index (χ4v) is 4.94. The van der Waals surface area contributed by atoms with Gasteiger partial charge in [0.2, 0.25) is 5.91 Å². The molecule has 1 spiro atoms. The molecule has 0 unspecified atom stereocenters. The fourth-order valence-electron chi connectivity index (χ4n) is 4.37. The van der Waals surface area contributed by atoms with Gasteiger partial charge in [-0.1, -0.05) is 18.2 Å². The predicted molar refractivity (Wildman–Crippen MR) is 100 cm³/mol. The molecule has 2 amide bonds. The molecule has 1 N–H and O–H groups in total. The summed E-state index contributed by atoms with van der Waals surface area (Å²) >= 11 is 1.31. The lowest BCUT2D eigenvalue weighted by Gasteiger charge is -2.33. The van der Waals surface area contributed by atoms with Gasteiger partial charge >= 0.3 is 0 Å². The van der Waals surface area contributed by atoms with E-state index in [0.717, 1.165) is 11.3 Å². The van der Waals surface area contributed by atoms with Gasteiger partial charge in [-0.3, -0.25) is 14.6 Å². The first-order chi connectivity index (χ1) is 13.1. The lowest BCUT2D eigenvalue weighted by atomic mass is 9.74. The number of fused-ring (bicyclic) bond motifs is 2. The topological polar surface area (TPSA) is 80.1 Å². The highest BCUT2D eigenvalue weighted by atomic mass is 32.1. The molecule has 0 aliphatic carbocycles. The van der Waals surface area contributed by atoms with E-state index < -0.39 is 11.5 Å². The highest BCUT2D eigenvalue weighted by Crippen LogP contribution is 2.54. The zero-order valence-corrected chi connectivity index (χ0v) is 15.4. The lowest BCUT2D eigenvalue weighted by Crippen LogP contribution is -2.43. The maximum absolute atomic E-state index is 13.2. The molecule has 0 saturated carbocycles. The van der Waals surface area contributed by atoms with E-state index in [9.17, 15) is 9.59 Å². The second kappa shape index (κ2) is 5.75. The van der Waals surface area contributed by atoms with Crippen LogP contribution in [-0.2, 0) is 17.3 Å². The summed E-state index contributed by atoms with van der Waals surface area (Å²) in [5.74, 6) is 0.521. The normalized spacial score (nSPS) is 23.7. The molecule has 7 nitrogen and oxygen atoms in total. The summed E-state index contributed by atoms with van der Waals surface area (Å²) in [6, 6.07) is 7.25. The Morgan fingerprint density at radius 2 is 2.22 bits per heavy atom. The van der Waals surface area contributed by atoms with Gasteiger partial charge in [0.15, 0.2) is 0 Å². The zero-order chi connectivity index (χ0) is 18.6. The van der Waals surface area contributed by atoms with Gasteiger partial charge in [-0.15, -0.1) is 11.3 Å². The molecular formula is C19H17N5O2S. The van der Waals surface area contributed by atoms with Crippen LogP contribution in [0.15, 0.2) is 48.4 Å². The van der Waals surface area contributed by atoms with Crippen molar-refractivity contribution in [1.29, 1.82) is 0 Å². The number of para-hydroxylation sites is 1. The fraction of sp³-hybridized carbons (Fsp3) is 0.263. The molecule has 27 heavy (non-hydrogen) atoms. The Morgan fingerprint density at radius 3 is 2.96 bits per heavy atom. The number of thiazole rings is 1. The molecule has 5 rings (SSSR count).